The summed E-state index contributed by atoms with van der Waals surface area (Å²) in [6.45, 7) is 3.63. The third-order valence-corrected chi connectivity index (χ3v) is 2.42. The van der Waals surface area contributed by atoms with Gasteiger partial charge in [0.25, 0.3) is 0 Å². The zero-order valence-electron chi connectivity index (χ0n) is 9.36. The number of ketones is 1. The maximum Gasteiger partial charge on any atom is 0.194 e. The predicted octanol–water partition coefficient (Wildman–Crippen LogP) is 3.26. The quantitative estimate of drug-likeness (QED) is 0.613. The van der Waals surface area contributed by atoms with Crippen molar-refractivity contribution in [1.82, 2.24) is 4.98 Å². The van der Waals surface area contributed by atoms with Gasteiger partial charge in [0.05, 0.1) is 11.9 Å². The van der Waals surface area contributed by atoms with Crippen LogP contribution in [0.3, 0.4) is 0 Å². The fourth-order valence-corrected chi connectivity index (χ4v) is 1.45. The molecule has 90 valence electrons. The first-order valence-corrected chi connectivity index (χ1v) is 5.19. The van der Waals surface area contributed by atoms with Crippen LogP contribution in [0.1, 0.15) is 16.1 Å². The first-order chi connectivity index (χ1) is 8.58. The summed E-state index contributed by atoms with van der Waals surface area (Å²) < 4.78 is 25.4. The number of Topliss-reactive ketones (excluding diaryl/α,β-unsaturated/α-hetero) is 1. The van der Waals surface area contributed by atoms with Crippen molar-refractivity contribution in [3.05, 3.63) is 72.1 Å². The van der Waals surface area contributed by atoms with Crippen LogP contribution in [0.5, 0.6) is 0 Å². The van der Waals surface area contributed by atoms with Crippen molar-refractivity contribution in [2.24, 2.45) is 0 Å². The van der Waals surface area contributed by atoms with E-state index in [4.69, 9.17) is 0 Å². The van der Waals surface area contributed by atoms with Crippen molar-refractivity contribution >= 4 is 11.4 Å². The second-order valence-corrected chi connectivity index (χ2v) is 3.68. The van der Waals surface area contributed by atoms with E-state index < -0.39 is 11.6 Å². The monoisotopic (exact) mass is 245 g/mol. The van der Waals surface area contributed by atoms with Crippen molar-refractivity contribution in [1.29, 1.82) is 0 Å². The van der Waals surface area contributed by atoms with Crippen LogP contribution in [0.15, 0.2) is 49.2 Å². The molecular weight excluding hydrogens is 236 g/mol. The molecule has 0 bridgehead atoms. The molecule has 2 rings (SSSR count). The minimum Gasteiger partial charge on any atom is -0.289 e. The summed E-state index contributed by atoms with van der Waals surface area (Å²) in [4.78, 5) is 15.8. The zero-order valence-corrected chi connectivity index (χ0v) is 9.36. The van der Waals surface area contributed by atoms with Gasteiger partial charge < -0.3 is 0 Å². The zero-order chi connectivity index (χ0) is 13.1. The number of benzene rings is 1. The summed E-state index contributed by atoms with van der Waals surface area (Å²) in [5.74, 6) is -1.27. The summed E-state index contributed by atoms with van der Waals surface area (Å²) >= 11 is 0. The number of carbonyl (C=O) groups excluding carboxylic acids is 1. The molecule has 1 aromatic heterocycles. The largest absolute Gasteiger partial charge is 0.289 e. The molecule has 0 aliphatic rings. The van der Waals surface area contributed by atoms with Crippen molar-refractivity contribution in [3.8, 4) is 0 Å². The summed E-state index contributed by atoms with van der Waals surface area (Å²) in [5.41, 5.74) is 0.750. The molecule has 0 N–H and O–H groups in total. The van der Waals surface area contributed by atoms with E-state index in [9.17, 15) is 13.6 Å². The number of rotatable bonds is 3. The number of allylic oxidation sites excluding steroid dienone is 1. The topological polar surface area (TPSA) is 30.0 Å². The van der Waals surface area contributed by atoms with Crippen LogP contribution >= 0.6 is 0 Å². The fraction of sp³-hybridized carbons (Fsp3) is 0. The summed E-state index contributed by atoms with van der Waals surface area (Å²) in [6.07, 6.45) is 1.01. The lowest BCUT2D eigenvalue weighted by Crippen LogP contribution is -2.03. The van der Waals surface area contributed by atoms with Crippen molar-refractivity contribution in [2.75, 3.05) is 0 Å². The molecular formula is C14H9F2NO. The van der Waals surface area contributed by atoms with E-state index in [0.717, 1.165) is 6.20 Å². The Labute approximate surface area is 103 Å². The van der Waals surface area contributed by atoms with Gasteiger partial charge in [-0.2, -0.15) is 0 Å². The van der Waals surface area contributed by atoms with E-state index in [1.54, 1.807) is 0 Å². The molecule has 0 aliphatic carbocycles. The van der Waals surface area contributed by atoms with Gasteiger partial charge >= 0.3 is 0 Å². The molecule has 1 aromatic carbocycles. The molecule has 0 aliphatic heterocycles. The lowest BCUT2D eigenvalue weighted by molar-refractivity contribution is 0.105. The normalized spacial score (nSPS) is 10.1. The Balaban J connectivity index is 2.26. The highest BCUT2D eigenvalue weighted by molar-refractivity contribution is 6.27. The number of halogens is 2. The van der Waals surface area contributed by atoms with Crippen LogP contribution in [0, 0.1) is 11.6 Å². The van der Waals surface area contributed by atoms with Crippen LogP contribution in [0.2, 0.25) is 0 Å². The highest BCUT2D eigenvalue weighted by atomic mass is 19.1. The lowest BCUT2D eigenvalue weighted by atomic mass is 10.0. The van der Waals surface area contributed by atoms with Gasteiger partial charge in [-0.15, -0.1) is 0 Å². The smallest absolute Gasteiger partial charge is 0.194 e. The highest BCUT2D eigenvalue weighted by Crippen LogP contribution is 2.16. The molecule has 0 radical (unpaired) electrons. The van der Waals surface area contributed by atoms with Crippen molar-refractivity contribution < 1.29 is 13.6 Å². The Hall–Kier alpha value is -2.36. The fourth-order valence-electron chi connectivity index (χ4n) is 1.45. The lowest BCUT2D eigenvalue weighted by Gasteiger charge is -2.04. The number of nitrogens with zero attached hydrogens (tertiary/aromatic N) is 1. The van der Waals surface area contributed by atoms with Gasteiger partial charge in [0.2, 0.25) is 0 Å². The number of hydrogen-bond acceptors (Lipinski definition) is 2. The summed E-state index contributed by atoms with van der Waals surface area (Å²) in [7, 11) is 0. The van der Waals surface area contributed by atoms with Crippen molar-refractivity contribution in [2.45, 2.75) is 0 Å². The third kappa shape index (κ3) is 2.48. The molecule has 0 spiro atoms. The van der Waals surface area contributed by atoms with Gasteiger partial charge in [-0.05, 0) is 36.4 Å². The van der Waals surface area contributed by atoms with E-state index in [1.807, 2.05) is 0 Å². The van der Waals surface area contributed by atoms with Gasteiger partial charge in [-0.1, -0.05) is 6.58 Å². The van der Waals surface area contributed by atoms with E-state index in [-0.39, 0.29) is 11.4 Å². The average molecular weight is 245 g/mol. The van der Waals surface area contributed by atoms with E-state index >= 15 is 0 Å². The summed E-state index contributed by atoms with van der Waals surface area (Å²) in [6, 6.07) is 7.69. The molecule has 0 fully saturated rings. The average Bonchev–Trinajstić information content (AvgIpc) is 2.39. The highest BCUT2D eigenvalue weighted by Gasteiger charge is 2.13. The molecule has 0 unspecified atom stereocenters. The minimum atomic E-state index is -0.485. The molecule has 1 heterocycles. The van der Waals surface area contributed by atoms with Crippen LogP contribution in [-0.2, 0) is 0 Å². The van der Waals surface area contributed by atoms with Crippen LogP contribution in [0.4, 0.5) is 8.78 Å². The number of hydrogen-bond donors (Lipinski definition) is 0. The van der Waals surface area contributed by atoms with Gasteiger partial charge in [0, 0.05) is 11.1 Å². The van der Waals surface area contributed by atoms with E-state index in [2.05, 4.69) is 11.6 Å². The Kier molecular flexibility index (Phi) is 3.28. The second-order valence-electron chi connectivity index (χ2n) is 3.68. The Morgan fingerprint density at radius 2 is 1.61 bits per heavy atom. The molecule has 0 saturated heterocycles. The SMILES string of the molecule is C=C(C(=O)c1ccc(F)cc1)c1ccc(F)cn1. The number of pyridine rings is 1. The molecule has 18 heavy (non-hydrogen) atoms. The number of carbonyl (C=O) groups is 1. The molecule has 0 atom stereocenters. The summed E-state index contributed by atoms with van der Waals surface area (Å²) in [5, 5.41) is 0. The maximum absolute atomic E-state index is 12.7. The Bertz CT molecular complexity index is 533. The van der Waals surface area contributed by atoms with Crippen LogP contribution in [0.25, 0.3) is 5.57 Å². The molecule has 0 saturated carbocycles. The van der Waals surface area contributed by atoms with Gasteiger partial charge in [0.1, 0.15) is 11.6 Å². The predicted molar refractivity (Wildman–Crippen MR) is 64.0 cm³/mol. The van der Waals surface area contributed by atoms with Gasteiger partial charge in [-0.25, -0.2) is 8.78 Å². The maximum atomic E-state index is 12.7. The minimum absolute atomic E-state index is 0.140. The van der Waals surface area contributed by atoms with E-state index in [0.29, 0.717) is 11.3 Å². The Morgan fingerprint density at radius 1 is 1.00 bits per heavy atom. The second kappa shape index (κ2) is 4.87. The molecule has 4 heteroatoms. The molecule has 2 nitrogen and oxygen atoms in total. The van der Waals surface area contributed by atoms with E-state index in [1.165, 1.54) is 36.4 Å². The van der Waals surface area contributed by atoms with Gasteiger partial charge in [-0.3, -0.25) is 9.78 Å². The van der Waals surface area contributed by atoms with Crippen molar-refractivity contribution in [3.63, 3.8) is 0 Å². The third-order valence-electron chi connectivity index (χ3n) is 2.42. The molecule has 0 amide bonds. The standard InChI is InChI=1S/C14H9F2NO/c1-9(13-7-6-12(16)8-17-13)14(18)10-2-4-11(15)5-3-10/h2-8H,1H2. The number of aromatic nitrogens is 1. The Morgan fingerprint density at radius 3 is 2.17 bits per heavy atom. The first kappa shape index (κ1) is 12.1. The van der Waals surface area contributed by atoms with Gasteiger partial charge in [0.15, 0.2) is 5.78 Å². The van der Waals surface area contributed by atoms with Crippen LogP contribution in [-0.4, -0.2) is 10.8 Å². The first-order valence-electron chi connectivity index (χ1n) is 5.19. The van der Waals surface area contributed by atoms with Crippen LogP contribution < -0.4 is 0 Å². The molecule has 2 aromatic rings.